The van der Waals surface area contributed by atoms with Gasteiger partial charge in [0.1, 0.15) is 0 Å². The Morgan fingerprint density at radius 1 is 1.30 bits per heavy atom. The minimum absolute atomic E-state index is 0.112. The van der Waals surface area contributed by atoms with Crippen molar-refractivity contribution < 1.29 is 0 Å². The van der Waals surface area contributed by atoms with E-state index in [1.165, 1.54) is 15.5 Å². The molecule has 0 saturated carbocycles. The van der Waals surface area contributed by atoms with Crippen molar-refractivity contribution in [3.05, 3.63) is 29.1 Å². The Labute approximate surface area is 118 Å². The smallest absolute Gasteiger partial charge is 0.312 e. The van der Waals surface area contributed by atoms with Gasteiger partial charge in [-0.25, -0.2) is 13.9 Å². The first kappa shape index (κ1) is 14.7. The van der Waals surface area contributed by atoms with E-state index in [9.17, 15) is 4.79 Å². The predicted molar refractivity (Wildman–Crippen MR) is 78.8 cm³/mol. The van der Waals surface area contributed by atoms with Gasteiger partial charge in [-0.1, -0.05) is 13.8 Å². The zero-order chi connectivity index (χ0) is 14.5. The number of aromatic nitrogens is 4. The van der Waals surface area contributed by atoms with Gasteiger partial charge >= 0.3 is 5.69 Å². The van der Waals surface area contributed by atoms with E-state index in [1.54, 1.807) is 18.6 Å². The van der Waals surface area contributed by atoms with E-state index in [0.717, 1.165) is 18.9 Å². The molecular weight excluding hydrogens is 254 g/mol. The number of hydrogen-bond acceptors (Lipinski definition) is 4. The van der Waals surface area contributed by atoms with Crippen molar-refractivity contribution >= 4 is 5.65 Å². The minimum Gasteiger partial charge on any atom is -0.312 e. The Morgan fingerprint density at radius 3 is 2.80 bits per heavy atom. The van der Waals surface area contributed by atoms with Crippen molar-refractivity contribution in [3.63, 3.8) is 0 Å². The van der Waals surface area contributed by atoms with Crippen LogP contribution >= 0.6 is 0 Å². The molecule has 2 aromatic rings. The largest absolute Gasteiger partial charge is 0.350 e. The maximum absolute atomic E-state index is 12.0. The number of rotatable bonds is 7. The van der Waals surface area contributed by atoms with Gasteiger partial charge in [0, 0.05) is 25.0 Å². The highest BCUT2D eigenvalue weighted by atomic mass is 16.2. The van der Waals surface area contributed by atoms with Crippen LogP contribution in [0.4, 0.5) is 0 Å². The summed E-state index contributed by atoms with van der Waals surface area (Å²) in [5.74, 6) is 0.729. The molecule has 0 aliphatic heterocycles. The average molecular weight is 277 g/mol. The summed E-state index contributed by atoms with van der Waals surface area (Å²) in [5, 5.41) is 7.68. The van der Waals surface area contributed by atoms with Crippen LogP contribution in [0.5, 0.6) is 0 Å². The standard InChI is InChI=1S/C14H23N5O/c1-11(2)4-5-12(3)16-7-9-19-14(20)18-8-6-15-10-13(18)17-19/h6,8,10-12,16H,4-5,7,9H2,1-3H3. The van der Waals surface area contributed by atoms with Crippen molar-refractivity contribution in [3.8, 4) is 0 Å². The van der Waals surface area contributed by atoms with Gasteiger partial charge in [-0.2, -0.15) is 0 Å². The van der Waals surface area contributed by atoms with Crippen molar-refractivity contribution in [2.45, 2.75) is 46.2 Å². The van der Waals surface area contributed by atoms with Crippen LogP contribution in [-0.4, -0.2) is 31.8 Å². The van der Waals surface area contributed by atoms with Crippen molar-refractivity contribution in [1.29, 1.82) is 0 Å². The number of nitrogens with one attached hydrogen (secondary N) is 1. The van der Waals surface area contributed by atoms with Gasteiger partial charge in [0.2, 0.25) is 0 Å². The van der Waals surface area contributed by atoms with Crippen LogP contribution in [0.25, 0.3) is 5.65 Å². The van der Waals surface area contributed by atoms with Gasteiger partial charge in [0.15, 0.2) is 5.65 Å². The summed E-state index contributed by atoms with van der Waals surface area (Å²) >= 11 is 0. The highest BCUT2D eigenvalue weighted by Gasteiger charge is 2.07. The van der Waals surface area contributed by atoms with Crippen LogP contribution in [0.2, 0.25) is 0 Å². The van der Waals surface area contributed by atoms with Crippen LogP contribution in [0.3, 0.4) is 0 Å². The quantitative estimate of drug-likeness (QED) is 0.828. The Hall–Kier alpha value is -1.69. The highest BCUT2D eigenvalue weighted by Crippen LogP contribution is 2.06. The second kappa shape index (κ2) is 6.65. The molecule has 110 valence electrons. The Balaban J connectivity index is 1.87. The SMILES string of the molecule is CC(C)CCC(C)NCCn1nc2cnccn2c1=O. The van der Waals surface area contributed by atoms with Gasteiger partial charge in [0.25, 0.3) is 0 Å². The third kappa shape index (κ3) is 3.66. The first-order valence-electron chi connectivity index (χ1n) is 7.20. The van der Waals surface area contributed by atoms with Gasteiger partial charge in [-0.3, -0.25) is 4.98 Å². The molecule has 6 nitrogen and oxygen atoms in total. The maximum Gasteiger partial charge on any atom is 0.350 e. The molecule has 2 aromatic heterocycles. The van der Waals surface area contributed by atoms with Gasteiger partial charge in [-0.15, -0.1) is 5.10 Å². The van der Waals surface area contributed by atoms with Crippen molar-refractivity contribution in [1.82, 2.24) is 24.5 Å². The number of hydrogen-bond donors (Lipinski definition) is 1. The molecule has 0 aliphatic carbocycles. The van der Waals surface area contributed by atoms with Gasteiger partial charge in [0.05, 0.1) is 12.7 Å². The molecule has 0 fully saturated rings. The van der Waals surface area contributed by atoms with Gasteiger partial charge < -0.3 is 5.32 Å². The van der Waals surface area contributed by atoms with E-state index in [2.05, 4.69) is 36.2 Å². The molecule has 1 unspecified atom stereocenters. The molecule has 0 spiro atoms. The molecule has 1 N–H and O–H groups in total. The summed E-state index contributed by atoms with van der Waals surface area (Å²) in [6, 6.07) is 0.465. The fourth-order valence-electron chi connectivity index (χ4n) is 2.13. The third-order valence-corrected chi connectivity index (χ3v) is 3.38. The molecule has 0 saturated heterocycles. The van der Waals surface area contributed by atoms with E-state index in [4.69, 9.17) is 0 Å². The highest BCUT2D eigenvalue weighted by molar-refractivity contribution is 5.31. The molecule has 6 heteroatoms. The molecule has 2 rings (SSSR count). The van der Waals surface area contributed by atoms with E-state index in [-0.39, 0.29) is 5.69 Å². The lowest BCUT2D eigenvalue weighted by atomic mass is 10.0. The lowest BCUT2D eigenvalue weighted by molar-refractivity contribution is 0.432. The summed E-state index contributed by atoms with van der Waals surface area (Å²) in [6.07, 6.45) is 7.19. The van der Waals surface area contributed by atoms with Crippen molar-refractivity contribution in [2.75, 3.05) is 6.54 Å². The maximum atomic E-state index is 12.0. The molecule has 0 radical (unpaired) electrons. The van der Waals surface area contributed by atoms with Gasteiger partial charge in [-0.05, 0) is 25.7 Å². The summed E-state index contributed by atoms with van der Waals surface area (Å²) in [4.78, 5) is 16.0. The normalized spacial score (nSPS) is 13.2. The third-order valence-electron chi connectivity index (χ3n) is 3.38. The Bertz CT molecular complexity index is 601. The van der Waals surface area contributed by atoms with E-state index < -0.39 is 0 Å². The molecule has 20 heavy (non-hydrogen) atoms. The van der Waals surface area contributed by atoms with E-state index >= 15 is 0 Å². The molecule has 0 amide bonds. The van der Waals surface area contributed by atoms with Crippen LogP contribution in [-0.2, 0) is 6.54 Å². The van der Waals surface area contributed by atoms with Crippen molar-refractivity contribution in [2.24, 2.45) is 5.92 Å². The molecular formula is C14H23N5O. The zero-order valence-corrected chi connectivity index (χ0v) is 12.4. The minimum atomic E-state index is -0.112. The second-order valence-electron chi connectivity index (χ2n) is 5.64. The molecule has 1 atom stereocenters. The van der Waals surface area contributed by atoms with E-state index in [1.807, 2.05) is 0 Å². The zero-order valence-electron chi connectivity index (χ0n) is 12.4. The van der Waals surface area contributed by atoms with Crippen LogP contribution in [0, 0.1) is 5.92 Å². The van der Waals surface area contributed by atoms with Crippen LogP contribution < -0.4 is 11.0 Å². The number of fused-ring (bicyclic) bond motifs is 1. The first-order chi connectivity index (χ1) is 9.58. The summed E-state index contributed by atoms with van der Waals surface area (Å²) in [6.45, 7) is 7.97. The topological polar surface area (TPSA) is 64.2 Å². The summed E-state index contributed by atoms with van der Waals surface area (Å²) in [5.41, 5.74) is 0.476. The first-order valence-corrected chi connectivity index (χ1v) is 7.20. The molecule has 0 aliphatic rings. The summed E-state index contributed by atoms with van der Waals surface area (Å²) in [7, 11) is 0. The lowest BCUT2D eigenvalue weighted by Gasteiger charge is -2.14. The fourth-order valence-corrected chi connectivity index (χ4v) is 2.13. The summed E-state index contributed by atoms with van der Waals surface area (Å²) < 4.78 is 2.99. The molecule has 0 aromatic carbocycles. The second-order valence-corrected chi connectivity index (χ2v) is 5.64. The van der Waals surface area contributed by atoms with Crippen LogP contribution in [0.15, 0.2) is 23.4 Å². The van der Waals surface area contributed by atoms with Crippen LogP contribution in [0.1, 0.15) is 33.6 Å². The fraction of sp³-hybridized carbons (Fsp3) is 0.643. The monoisotopic (exact) mass is 277 g/mol. The molecule has 0 bridgehead atoms. The molecule has 2 heterocycles. The van der Waals surface area contributed by atoms with E-state index in [0.29, 0.717) is 18.2 Å². The lowest BCUT2D eigenvalue weighted by Crippen LogP contribution is -2.32. The average Bonchev–Trinajstić information content (AvgIpc) is 2.74. The predicted octanol–water partition coefficient (Wildman–Crippen LogP) is 1.31. The Morgan fingerprint density at radius 2 is 2.10 bits per heavy atom. The Kier molecular flexibility index (Phi) is 4.89. The number of nitrogens with zero attached hydrogens (tertiary/aromatic N) is 4.